The lowest BCUT2D eigenvalue weighted by atomic mass is 10.0. The van der Waals surface area contributed by atoms with Gasteiger partial charge in [0.2, 0.25) is 5.91 Å². The Morgan fingerprint density at radius 3 is 3.00 bits per heavy atom. The number of nitrogens with one attached hydrogen (secondary N) is 1. The van der Waals surface area contributed by atoms with Gasteiger partial charge in [0.25, 0.3) is 0 Å². The van der Waals surface area contributed by atoms with E-state index in [1.165, 1.54) is 25.7 Å². The Hall–Kier alpha value is -1.36. The molecule has 3 rings (SSSR count). The van der Waals surface area contributed by atoms with E-state index in [0.29, 0.717) is 6.42 Å². The fourth-order valence-electron chi connectivity index (χ4n) is 2.88. The molecule has 1 fully saturated rings. The Balaban J connectivity index is 1.60. The molecule has 0 aliphatic heterocycles. The van der Waals surface area contributed by atoms with Crippen LogP contribution in [0.2, 0.25) is 0 Å². The summed E-state index contributed by atoms with van der Waals surface area (Å²) in [7, 11) is 0. The first-order valence-corrected chi connectivity index (χ1v) is 7.94. The molecule has 0 spiro atoms. The van der Waals surface area contributed by atoms with Crippen LogP contribution in [0.15, 0.2) is 29.1 Å². The van der Waals surface area contributed by atoms with E-state index in [9.17, 15) is 4.79 Å². The van der Waals surface area contributed by atoms with E-state index in [2.05, 4.69) is 26.2 Å². The zero-order chi connectivity index (χ0) is 13.9. The lowest BCUT2D eigenvalue weighted by Gasteiger charge is -2.09. The highest BCUT2D eigenvalue weighted by molar-refractivity contribution is 9.10. The van der Waals surface area contributed by atoms with Gasteiger partial charge in [-0.1, -0.05) is 25.7 Å². The van der Waals surface area contributed by atoms with Crippen LogP contribution in [-0.2, 0) is 4.79 Å². The standard InChI is InChI=1S/C15H18BrN3O/c16-13-9-17-14-7-6-12(10-19(13)14)18-15(20)8-5-11-3-1-2-4-11/h6-7,9-11H,1-5,8H2,(H,18,20). The molecule has 1 saturated carbocycles. The SMILES string of the molecule is O=C(CCC1CCCC1)Nc1ccc2ncc(Br)n2c1. The molecule has 106 valence electrons. The molecule has 2 heterocycles. The van der Waals surface area contributed by atoms with Gasteiger partial charge in [0, 0.05) is 12.6 Å². The van der Waals surface area contributed by atoms with Crippen LogP contribution in [-0.4, -0.2) is 15.3 Å². The number of amides is 1. The molecule has 0 bridgehead atoms. The summed E-state index contributed by atoms with van der Waals surface area (Å²) in [5.41, 5.74) is 1.67. The number of carbonyl (C=O) groups excluding carboxylic acids is 1. The monoisotopic (exact) mass is 335 g/mol. The number of anilines is 1. The number of pyridine rings is 1. The number of nitrogens with zero attached hydrogens (tertiary/aromatic N) is 2. The summed E-state index contributed by atoms with van der Waals surface area (Å²) in [5, 5.41) is 2.97. The first-order valence-electron chi connectivity index (χ1n) is 7.15. The van der Waals surface area contributed by atoms with Crippen molar-refractivity contribution in [1.29, 1.82) is 0 Å². The van der Waals surface area contributed by atoms with Crippen LogP contribution in [0, 0.1) is 5.92 Å². The molecule has 2 aromatic rings. The van der Waals surface area contributed by atoms with Gasteiger partial charge in [-0.05, 0) is 40.4 Å². The number of fused-ring (bicyclic) bond motifs is 1. The van der Waals surface area contributed by atoms with Crippen molar-refractivity contribution >= 4 is 33.2 Å². The number of hydrogen-bond donors (Lipinski definition) is 1. The molecule has 20 heavy (non-hydrogen) atoms. The normalized spacial score (nSPS) is 15.8. The zero-order valence-corrected chi connectivity index (χ0v) is 12.9. The van der Waals surface area contributed by atoms with Gasteiger partial charge in [0.05, 0.1) is 11.9 Å². The van der Waals surface area contributed by atoms with E-state index < -0.39 is 0 Å². The zero-order valence-electron chi connectivity index (χ0n) is 11.3. The molecule has 1 aliphatic carbocycles. The van der Waals surface area contributed by atoms with Crippen LogP contribution in [0.1, 0.15) is 38.5 Å². The minimum absolute atomic E-state index is 0.104. The summed E-state index contributed by atoms with van der Waals surface area (Å²) in [5.74, 6) is 0.860. The van der Waals surface area contributed by atoms with E-state index in [1.54, 1.807) is 6.20 Å². The van der Waals surface area contributed by atoms with Crippen molar-refractivity contribution in [3.05, 3.63) is 29.1 Å². The summed E-state index contributed by atoms with van der Waals surface area (Å²) in [6.07, 6.45) is 10.5. The molecule has 5 heteroatoms. The largest absolute Gasteiger partial charge is 0.325 e. The maximum absolute atomic E-state index is 12.0. The van der Waals surface area contributed by atoms with Gasteiger partial charge < -0.3 is 5.32 Å². The molecular formula is C15H18BrN3O. The second-order valence-electron chi connectivity index (χ2n) is 5.46. The molecular weight excluding hydrogens is 318 g/mol. The predicted molar refractivity (Wildman–Crippen MR) is 82.7 cm³/mol. The smallest absolute Gasteiger partial charge is 0.224 e. The third-order valence-corrected chi connectivity index (χ3v) is 4.59. The molecule has 0 atom stereocenters. The Bertz CT molecular complexity index is 617. The highest BCUT2D eigenvalue weighted by atomic mass is 79.9. The molecule has 0 radical (unpaired) electrons. The molecule has 0 saturated heterocycles. The second kappa shape index (κ2) is 5.95. The van der Waals surface area contributed by atoms with Gasteiger partial charge in [0.1, 0.15) is 10.3 Å². The summed E-state index contributed by atoms with van der Waals surface area (Å²) < 4.78 is 2.79. The van der Waals surface area contributed by atoms with Crippen molar-refractivity contribution in [2.75, 3.05) is 5.32 Å². The highest BCUT2D eigenvalue weighted by Crippen LogP contribution is 2.28. The summed E-state index contributed by atoms with van der Waals surface area (Å²) in [4.78, 5) is 16.2. The van der Waals surface area contributed by atoms with Crippen molar-refractivity contribution in [3.63, 3.8) is 0 Å². The molecule has 1 amide bonds. The van der Waals surface area contributed by atoms with Crippen LogP contribution < -0.4 is 5.32 Å². The average Bonchev–Trinajstić information content (AvgIpc) is 3.07. The van der Waals surface area contributed by atoms with Crippen LogP contribution in [0.5, 0.6) is 0 Å². The van der Waals surface area contributed by atoms with Crippen molar-refractivity contribution in [2.24, 2.45) is 5.92 Å². The Morgan fingerprint density at radius 1 is 1.40 bits per heavy atom. The Kier molecular flexibility index (Phi) is 4.05. The van der Waals surface area contributed by atoms with Gasteiger partial charge in [-0.15, -0.1) is 0 Å². The van der Waals surface area contributed by atoms with Crippen molar-refractivity contribution < 1.29 is 4.79 Å². The third-order valence-electron chi connectivity index (χ3n) is 4.00. The molecule has 4 nitrogen and oxygen atoms in total. The number of carbonyl (C=O) groups is 1. The Morgan fingerprint density at radius 2 is 2.20 bits per heavy atom. The number of aromatic nitrogens is 2. The fourth-order valence-corrected chi connectivity index (χ4v) is 3.27. The highest BCUT2D eigenvalue weighted by Gasteiger charge is 2.16. The van der Waals surface area contributed by atoms with Crippen LogP contribution in [0.4, 0.5) is 5.69 Å². The lowest BCUT2D eigenvalue weighted by molar-refractivity contribution is -0.116. The van der Waals surface area contributed by atoms with Gasteiger partial charge in [-0.25, -0.2) is 4.98 Å². The van der Waals surface area contributed by atoms with E-state index >= 15 is 0 Å². The van der Waals surface area contributed by atoms with E-state index in [-0.39, 0.29) is 5.91 Å². The third kappa shape index (κ3) is 3.03. The molecule has 2 aromatic heterocycles. The van der Waals surface area contributed by atoms with Gasteiger partial charge in [-0.3, -0.25) is 9.20 Å². The minimum atomic E-state index is 0.104. The predicted octanol–water partition coefficient (Wildman–Crippen LogP) is 4.01. The summed E-state index contributed by atoms with van der Waals surface area (Å²) in [6, 6.07) is 3.79. The lowest BCUT2D eigenvalue weighted by Crippen LogP contribution is -2.13. The molecule has 1 aliphatic rings. The summed E-state index contributed by atoms with van der Waals surface area (Å²) in [6.45, 7) is 0. The van der Waals surface area contributed by atoms with Gasteiger partial charge in [-0.2, -0.15) is 0 Å². The first kappa shape index (κ1) is 13.6. The second-order valence-corrected chi connectivity index (χ2v) is 6.28. The maximum atomic E-state index is 12.0. The van der Waals surface area contributed by atoms with Gasteiger partial charge in [0.15, 0.2) is 0 Å². The summed E-state index contributed by atoms with van der Waals surface area (Å²) >= 11 is 3.43. The first-order chi connectivity index (χ1) is 9.72. The van der Waals surface area contributed by atoms with E-state index in [1.807, 2.05) is 22.7 Å². The van der Waals surface area contributed by atoms with Crippen molar-refractivity contribution in [3.8, 4) is 0 Å². The minimum Gasteiger partial charge on any atom is -0.325 e. The van der Waals surface area contributed by atoms with Crippen molar-refractivity contribution in [2.45, 2.75) is 38.5 Å². The van der Waals surface area contributed by atoms with Crippen LogP contribution >= 0.6 is 15.9 Å². The molecule has 0 aromatic carbocycles. The van der Waals surface area contributed by atoms with E-state index in [4.69, 9.17) is 0 Å². The van der Waals surface area contributed by atoms with Crippen LogP contribution in [0.25, 0.3) is 5.65 Å². The topological polar surface area (TPSA) is 46.4 Å². The molecule has 0 unspecified atom stereocenters. The number of rotatable bonds is 4. The van der Waals surface area contributed by atoms with Crippen molar-refractivity contribution in [1.82, 2.24) is 9.38 Å². The average molecular weight is 336 g/mol. The van der Waals surface area contributed by atoms with Crippen LogP contribution in [0.3, 0.4) is 0 Å². The van der Waals surface area contributed by atoms with E-state index in [0.717, 1.165) is 28.3 Å². The fraction of sp³-hybridized carbons (Fsp3) is 0.467. The Labute approximate surface area is 126 Å². The quantitative estimate of drug-likeness (QED) is 0.917. The number of halogens is 1. The van der Waals surface area contributed by atoms with Gasteiger partial charge >= 0.3 is 0 Å². The number of hydrogen-bond acceptors (Lipinski definition) is 2. The molecule has 1 N–H and O–H groups in total. The number of imidazole rings is 1. The maximum Gasteiger partial charge on any atom is 0.224 e.